The van der Waals surface area contributed by atoms with Gasteiger partial charge in [0.1, 0.15) is 18.0 Å². The number of carbonyl (C=O) groups is 1. The van der Waals surface area contributed by atoms with Crippen molar-refractivity contribution in [3.63, 3.8) is 0 Å². The predicted octanol–water partition coefficient (Wildman–Crippen LogP) is 0.316. The summed E-state index contributed by atoms with van der Waals surface area (Å²) in [5.74, 6) is -0.410. The number of ether oxygens (including phenoxy) is 1. The van der Waals surface area contributed by atoms with Gasteiger partial charge in [0.05, 0.1) is 18.8 Å². The van der Waals surface area contributed by atoms with Crippen LogP contribution in [-0.4, -0.2) is 46.9 Å². The highest BCUT2D eigenvalue weighted by Crippen LogP contribution is 2.42. The molecule has 7 heteroatoms. The number of ketones is 1. The van der Waals surface area contributed by atoms with Gasteiger partial charge < -0.3 is 19.3 Å². The maximum Gasteiger partial charge on any atom is 0.335 e. The Morgan fingerprint density at radius 3 is 2.69 bits per heavy atom. The van der Waals surface area contributed by atoms with E-state index in [-0.39, 0.29) is 12.7 Å². The normalized spacial score (nSPS) is 33.6. The molecule has 0 aliphatic carbocycles. The minimum atomic E-state index is -3.89. The molecule has 4 atom stereocenters. The first-order valence-corrected chi connectivity index (χ1v) is 6.86. The zero-order valence-corrected chi connectivity index (χ0v) is 10.2. The fraction of sp³-hybridized carbons (Fsp3) is 0.889. The molecule has 1 fully saturated rings. The Hall–Kier alpha value is -0.260. The molecule has 0 radical (unpaired) electrons. The monoisotopic (exact) mass is 252 g/mol. The summed E-state index contributed by atoms with van der Waals surface area (Å²) in [6.07, 6.45) is -1.40. The highest BCUT2D eigenvalue weighted by Gasteiger charge is 2.33. The topological polar surface area (TPSA) is 93.1 Å². The molecule has 1 saturated heterocycles. The zero-order chi connectivity index (χ0) is 12.3. The number of hydrogen-bond donors (Lipinski definition) is 2. The molecule has 0 aromatic rings. The Labute approximate surface area is 94.1 Å². The van der Waals surface area contributed by atoms with Crippen LogP contribution in [0.4, 0.5) is 0 Å². The fourth-order valence-electron chi connectivity index (χ4n) is 1.60. The molecule has 0 amide bonds. The molecule has 1 rings (SSSR count). The fourth-order valence-corrected chi connectivity index (χ4v) is 2.64. The highest BCUT2D eigenvalue weighted by molar-refractivity contribution is 7.53. The van der Waals surface area contributed by atoms with Gasteiger partial charge in [-0.2, -0.15) is 0 Å². The second-order valence-corrected chi connectivity index (χ2v) is 5.93. The highest BCUT2D eigenvalue weighted by atomic mass is 31.2. The van der Waals surface area contributed by atoms with Crippen LogP contribution in [0.15, 0.2) is 0 Å². The van der Waals surface area contributed by atoms with Crippen LogP contribution in [0.3, 0.4) is 0 Å². The first-order valence-electron chi connectivity index (χ1n) is 5.09. The van der Waals surface area contributed by atoms with Gasteiger partial charge in [-0.05, 0) is 13.8 Å². The minimum absolute atomic E-state index is 0.0884. The smallest absolute Gasteiger partial charge is 0.335 e. The van der Waals surface area contributed by atoms with Gasteiger partial charge in [-0.3, -0.25) is 9.36 Å². The van der Waals surface area contributed by atoms with Crippen molar-refractivity contribution in [2.24, 2.45) is 0 Å². The van der Waals surface area contributed by atoms with E-state index in [0.29, 0.717) is 6.42 Å². The van der Waals surface area contributed by atoms with Crippen LogP contribution in [0.1, 0.15) is 20.3 Å². The average molecular weight is 252 g/mol. The Balaban J connectivity index is 2.39. The van der Waals surface area contributed by atoms with Crippen LogP contribution < -0.4 is 0 Å². The van der Waals surface area contributed by atoms with Crippen molar-refractivity contribution in [3.05, 3.63) is 0 Å². The third-order valence-corrected chi connectivity index (χ3v) is 3.67. The van der Waals surface area contributed by atoms with E-state index in [1.165, 1.54) is 6.92 Å². The van der Waals surface area contributed by atoms with Crippen LogP contribution in [0.25, 0.3) is 0 Å². The molecule has 16 heavy (non-hydrogen) atoms. The number of rotatable bonds is 5. The van der Waals surface area contributed by atoms with Gasteiger partial charge >= 0.3 is 7.60 Å². The van der Waals surface area contributed by atoms with Gasteiger partial charge in [0, 0.05) is 6.42 Å². The molecule has 4 unspecified atom stereocenters. The van der Waals surface area contributed by atoms with Gasteiger partial charge in [0.25, 0.3) is 0 Å². The summed E-state index contributed by atoms with van der Waals surface area (Å²) in [6.45, 7) is 2.85. The molecular weight excluding hydrogens is 235 g/mol. The van der Waals surface area contributed by atoms with Crippen LogP contribution in [0.5, 0.6) is 0 Å². The van der Waals surface area contributed by atoms with Crippen LogP contribution in [0, 0.1) is 0 Å². The molecule has 0 aromatic heterocycles. The first kappa shape index (κ1) is 13.8. The van der Waals surface area contributed by atoms with Crippen molar-refractivity contribution < 1.29 is 28.6 Å². The van der Waals surface area contributed by atoms with Crippen LogP contribution in [-0.2, 0) is 18.6 Å². The van der Waals surface area contributed by atoms with Crippen molar-refractivity contribution in [1.29, 1.82) is 0 Å². The van der Waals surface area contributed by atoms with Crippen LogP contribution >= 0.6 is 7.60 Å². The standard InChI is InChI=1S/C9H17O6P/c1-6(10)5-16(12,13)14-4-9-8(11)3-7(2)15-9/h7-9,11H,3-5H2,1-2H3,(H,12,13). The van der Waals surface area contributed by atoms with E-state index >= 15 is 0 Å². The summed E-state index contributed by atoms with van der Waals surface area (Å²) in [5.41, 5.74) is 0. The Bertz CT molecular complexity index is 304. The Kier molecular flexibility index (Phi) is 4.64. The second kappa shape index (κ2) is 5.38. The van der Waals surface area contributed by atoms with Gasteiger partial charge in [0.15, 0.2) is 0 Å². The van der Waals surface area contributed by atoms with E-state index in [0.717, 1.165) is 0 Å². The zero-order valence-electron chi connectivity index (χ0n) is 9.33. The van der Waals surface area contributed by atoms with Crippen molar-refractivity contribution in [2.75, 3.05) is 12.8 Å². The third kappa shape index (κ3) is 4.31. The van der Waals surface area contributed by atoms with Crippen molar-refractivity contribution in [3.8, 4) is 0 Å². The number of aliphatic hydroxyl groups is 1. The SMILES string of the molecule is CC(=O)CP(=O)(O)OCC1OC(C)CC1O. The molecule has 1 aliphatic heterocycles. The van der Waals surface area contributed by atoms with Gasteiger partial charge in [-0.15, -0.1) is 0 Å². The lowest BCUT2D eigenvalue weighted by Crippen LogP contribution is -2.26. The molecular formula is C9H17O6P. The predicted molar refractivity (Wildman–Crippen MR) is 56.3 cm³/mol. The maximum atomic E-state index is 11.3. The van der Waals surface area contributed by atoms with Gasteiger partial charge in [0.2, 0.25) is 0 Å². The summed E-state index contributed by atoms with van der Waals surface area (Å²) >= 11 is 0. The quantitative estimate of drug-likeness (QED) is 0.684. The lowest BCUT2D eigenvalue weighted by Gasteiger charge is -2.16. The van der Waals surface area contributed by atoms with E-state index in [2.05, 4.69) is 0 Å². The lowest BCUT2D eigenvalue weighted by atomic mass is 10.1. The summed E-state index contributed by atoms with van der Waals surface area (Å²) in [5, 5.41) is 9.49. The lowest BCUT2D eigenvalue weighted by molar-refractivity contribution is -0.114. The van der Waals surface area contributed by atoms with E-state index in [9.17, 15) is 19.4 Å². The van der Waals surface area contributed by atoms with E-state index in [4.69, 9.17) is 9.26 Å². The maximum absolute atomic E-state index is 11.3. The number of Topliss-reactive ketones (excluding diaryl/α,β-unsaturated/α-hetero) is 1. The minimum Gasteiger partial charge on any atom is -0.390 e. The number of hydrogen-bond acceptors (Lipinski definition) is 5. The summed E-state index contributed by atoms with van der Waals surface area (Å²) in [6, 6.07) is 0. The molecule has 0 spiro atoms. The molecule has 1 heterocycles. The summed E-state index contributed by atoms with van der Waals surface area (Å²) in [4.78, 5) is 20.0. The van der Waals surface area contributed by atoms with Crippen molar-refractivity contribution >= 4 is 13.4 Å². The molecule has 94 valence electrons. The first-order chi connectivity index (χ1) is 7.30. The van der Waals surface area contributed by atoms with E-state index in [1.807, 2.05) is 0 Å². The molecule has 2 N–H and O–H groups in total. The molecule has 0 aromatic carbocycles. The van der Waals surface area contributed by atoms with Crippen molar-refractivity contribution in [1.82, 2.24) is 0 Å². The van der Waals surface area contributed by atoms with Gasteiger partial charge in [-0.25, -0.2) is 0 Å². The Morgan fingerprint density at radius 2 is 2.25 bits per heavy atom. The molecule has 6 nitrogen and oxygen atoms in total. The number of carbonyl (C=O) groups excluding carboxylic acids is 1. The Morgan fingerprint density at radius 1 is 1.62 bits per heavy atom. The second-order valence-electron chi connectivity index (χ2n) is 4.08. The molecule has 0 bridgehead atoms. The van der Waals surface area contributed by atoms with Crippen molar-refractivity contribution in [2.45, 2.75) is 38.6 Å². The average Bonchev–Trinajstić information content (AvgIpc) is 2.39. The molecule has 1 aliphatic rings. The van der Waals surface area contributed by atoms with E-state index < -0.39 is 31.7 Å². The summed E-state index contributed by atoms with van der Waals surface area (Å²) < 4.78 is 21.4. The molecule has 0 saturated carbocycles. The largest absolute Gasteiger partial charge is 0.390 e. The third-order valence-electron chi connectivity index (χ3n) is 2.27. The number of aliphatic hydroxyl groups excluding tert-OH is 1. The van der Waals surface area contributed by atoms with Gasteiger partial charge in [-0.1, -0.05) is 0 Å². The van der Waals surface area contributed by atoms with Crippen LogP contribution in [0.2, 0.25) is 0 Å². The summed E-state index contributed by atoms with van der Waals surface area (Å²) in [7, 11) is -3.89. The van der Waals surface area contributed by atoms with E-state index in [1.54, 1.807) is 6.92 Å².